The van der Waals surface area contributed by atoms with Gasteiger partial charge >= 0.3 is 18.1 Å². The summed E-state index contributed by atoms with van der Waals surface area (Å²) in [6.45, 7) is 0. The van der Waals surface area contributed by atoms with Crippen LogP contribution < -0.4 is 0 Å². The predicted octanol–water partition coefficient (Wildman–Crippen LogP) is 1.29. The van der Waals surface area contributed by atoms with Crippen molar-refractivity contribution in [3.8, 4) is 0 Å². The maximum Gasteiger partial charge on any atom is 0.455 e. The van der Waals surface area contributed by atoms with E-state index in [9.17, 15) is 26.3 Å². The van der Waals surface area contributed by atoms with Crippen LogP contribution in [0.1, 0.15) is 0 Å². The van der Waals surface area contributed by atoms with E-state index in [1.807, 2.05) is 4.89 Å². The molecule has 0 aromatic rings. The zero-order valence-electron chi connectivity index (χ0n) is 5.07. The molecule has 0 unspecified atom stereocenters. The molecule has 0 aliphatic heterocycles. The minimum absolute atomic E-state index is 1.97. The molecular formula is C3H2F6O3. The summed E-state index contributed by atoms with van der Waals surface area (Å²) in [6.07, 6.45) is -12.3. The molecule has 0 radical (unpaired) electrons. The average Bonchev–Trinajstić information content (AvgIpc) is 1.81. The molecule has 0 saturated carbocycles. The maximum atomic E-state index is 11.3. The quantitative estimate of drug-likeness (QED) is 0.290. The van der Waals surface area contributed by atoms with Crippen LogP contribution in [0, 0.1) is 0 Å². The Morgan fingerprint density at radius 2 is 1.08 bits per heavy atom. The van der Waals surface area contributed by atoms with Crippen LogP contribution in [0.5, 0.6) is 0 Å². The summed E-state index contributed by atoms with van der Waals surface area (Å²) in [4.78, 5) is 1.97. The largest absolute Gasteiger partial charge is 0.455 e. The van der Waals surface area contributed by atoms with Gasteiger partial charge in [0.15, 0.2) is 0 Å². The van der Waals surface area contributed by atoms with Crippen LogP contribution in [0.15, 0.2) is 0 Å². The van der Waals surface area contributed by atoms with E-state index in [1.54, 1.807) is 0 Å². The second-order valence-corrected chi connectivity index (χ2v) is 1.73. The summed E-state index contributed by atoms with van der Waals surface area (Å²) in [5.41, 5.74) is 0. The lowest BCUT2D eigenvalue weighted by Crippen LogP contribution is -2.58. The van der Waals surface area contributed by atoms with Crippen LogP contribution in [-0.2, 0) is 4.89 Å². The third-order valence-electron chi connectivity index (χ3n) is 0.901. The average molecular weight is 200 g/mol. The van der Waals surface area contributed by atoms with E-state index >= 15 is 0 Å². The third kappa shape index (κ3) is 1.62. The monoisotopic (exact) mass is 200 g/mol. The highest BCUT2D eigenvalue weighted by Gasteiger charge is 2.73. The Balaban J connectivity index is 4.95. The summed E-state index contributed by atoms with van der Waals surface area (Å²) >= 11 is 0. The maximum absolute atomic E-state index is 11.3. The van der Waals surface area contributed by atoms with Gasteiger partial charge in [-0.25, -0.2) is 5.26 Å². The highest BCUT2D eigenvalue weighted by molar-refractivity contribution is 4.83. The first-order chi connectivity index (χ1) is 5.06. The molecule has 0 bridgehead atoms. The van der Waals surface area contributed by atoms with Crippen molar-refractivity contribution in [3.05, 3.63) is 0 Å². The predicted molar refractivity (Wildman–Crippen MR) is 20.8 cm³/mol. The number of rotatable bonds is 1. The van der Waals surface area contributed by atoms with Crippen molar-refractivity contribution in [1.29, 1.82) is 0 Å². The van der Waals surface area contributed by atoms with Crippen molar-refractivity contribution >= 4 is 0 Å². The topological polar surface area (TPSA) is 49.7 Å². The molecule has 0 fully saturated rings. The number of halogens is 6. The second kappa shape index (κ2) is 2.75. The Morgan fingerprint density at radius 1 is 0.833 bits per heavy atom. The molecule has 0 aromatic carbocycles. The summed E-state index contributed by atoms with van der Waals surface area (Å²) in [5.74, 6) is -5.53. The minimum atomic E-state index is -6.15. The van der Waals surface area contributed by atoms with Gasteiger partial charge in [-0.2, -0.15) is 31.2 Å². The number of alkyl halides is 6. The lowest BCUT2D eigenvalue weighted by Gasteiger charge is -2.28. The van der Waals surface area contributed by atoms with Crippen molar-refractivity contribution < 1.29 is 41.6 Å². The highest BCUT2D eigenvalue weighted by Crippen LogP contribution is 2.43. The minimum Gasteiger partial charge on any atom is -0.349 e. The molecule has 0 rings (SSSR count). The molecule has 9 heteroatoms. The van der Waals surface area contributed by atoms with Crippen LogP contribution >= 0.6 is 0 Å². The van der Waals surface area contributed by atoms with Crippen LogP contribution in [0.25, 0.3) is 0 Å². The second-order valence-electron chi connectivity index (χ2n) is 1.73. The molecule has 0 aromatic heterocycles. The van der Waals surface area contributed by atoms with E-state index < -0.39 is 18.1 Å². The lowest BCUT2D eigenvalue weighted by atomic mass is 10.2. The molecule has 2 N–H and O–H groups in total. The molecule has 0 aliphatic carbocycles. The zero-order valence-corrected chi connectivity index (χ0v) is 5.07. The van der Waals surface area contributed by atoms with Gasteiger partial charge in [-0.15, -0.1) is 0 Å². The van der Waals surface area contributed by atoms with E-state index in [0.29, 0.717) is 0 Å². The van der Waals surface area contributed by atoms with Crippen molar-refractivity contribution in [2.75, 3.05) is 0 Å². The molecule has 0 atom stereocenters. The Hall–Kier alpha value is -0.540. The van der Waals surface area contributed by atoms with Crippen LogP contribution in [-0.4, -0.2) is 28.5 Å². The van der Waals surface area contributed by atoms with E-state index in [2.05, 4.69) is 0 Å². The van der Waals surface area contributed by atoms with E-state index in [0.717, 1.165) is 0 Å². The standard InChI is InChI=1S/C3H2F6O3/c4-2(5,6)1(10,12-11)3(7,8)9/h10-11H. The van der Waals surface area contributed by atoms with Crippen molar-refractivity contribution in [3.63, 3.8) is 0 Å². The van der Waals surface area contributed by atoms with Gasteiger partial charge in [-0.3, -0.25) is 0 Å². The number of hydrogen-bond acceptors (Lipinski definition) is 3. The van der Waals surface area contributed by atoms with Gasteiger partial charge in [-0.1, -0.05) is 0 Å². The number of aliphatic hydroxyl groups is 1. The molecule has 0 heterocycles. The van der Waals surface area contributed by atoms with Crippen molar-refractivity contribution in [2.24, 2.45) is 0 Å². The molecule has 0 aliphatic rings. The summed E-state index contributed by atoms with van der Waals surface area (Å²) in [5, 5.41) is 15.0. The van der Waals surface area contributed by atoms with Gasteiger partial charge < -0.3 is 5.11 Å². The van der Waals surface area contributed by atoms with Crippen LogP contribution in [0.2, 0.25) is 0 Å². The summed E-state index contributed by atoms with van der Waals surface area (Å²) in [6, 6.07) is 0. The van der Waals surface area contributed by atoms with Gasteiger partial charge in [0.25, 0.3) is 0 Å². The lowest BCUT2D eigenvalue weighted by molar-refractivity contribution is -0.532. The van der Waals surface area contributed by atoms with Gasteiger partial charge in [0.1, 0.15) is 0 Å². The van der Waals surface area contributed by atoms with Crippen LogP contribution in [0.4, 0.5) is 26.3 Å². The normalized spacial score (nSPS) is 15.0. The summed E-state index contributed by atoms with van der Waals surface area (Å²) < 4.78 is 68.1. The van der Waals surface area contributed by atoms with Gasteiger partial charge in [-0.05, 0) is 0 Å². The fraction of sp³-hybridized carbons (Fsp3) is 1.00. The van der Waals surface area contributed by atoms with Crippen molar-refractivity contribution in [2.45, 2.75) is 18.1 Å². The first-order valence-corrected chi connectivity index (χ1v) is 2.24. The molecule has 0 spiro atoms. The Kier molecular flexibility index (Phi) is 2.62. The highest BCUT2D eigenvalue weighted by atomic mass is 19.4. The van der Waals surface area contributed by atoms with Crippen LogP contribution in [0.3, 0.4) is 0 Å². The summed E-state index contributed by atoms with van der Waals surface area (Å²) in [7, 11) is 0. The number of hydrogen-bond donors (Lipinski definition) is 2. The Morgan fingerprint density at radius 3 is 1.08 bits per heavy atom. The molecule has 74 valence electrons. The molecule has 12 heavy (non-hydrogen) atoms. The van der Waals surface area contributed by atoms with Gasteiger partial charge in [0.2, 0.25) is 0 Å². The third-order valence-corrected chi connectivity index (χ3v) is 0.901. The molecular weight excluding hydrogens is 198 g/mol. The molecule has 0 amide bonds. The molecule has 3 nitrogen and oxygen atoms in total. The van der Waals surface area contributed by atoms with Gasteiger partial charge in [0.05, 0.1) is 0 Å². The smallest absolute Gasteiger partial charge is 0.349 e. The fourth-order valence-electron chi connectivity index (χ4n) is 0.264. The first-order valence-electron chi connectivity index (χ1n) is 2.24. The fourth-order valence-corrected chi connectivity index (χ4v) is 0.264. The zero-order chi connectivity index (χ0) is 10.2. The van der Waals surface area contributed by atoms with Crippen molar-refractivity contribution in [1.82, 2.24) is 0 Å². The Labute approximate surface area is 61.1 Å². The molecule has 0 saturated heterocycles. The van der Waals surface area contributed by atoms with E-state index in [4.69, 9.17) is 10.4 Å². The van der Waals surface area contributed by atoms with Gasteiger partial charge in [0, 0.05) is 0 Å². The Bertz CT molecular complexity index is 144. The van der Waals surface area contributed by atoms with E-state index in [-0.39, 0.29) is 0 Å². The SMILES string of the molecule is OOC(O)(C(F)(F)F)C(F)(F)F. The first kappa shape index (κ1) is 11.5. The van der Waals surface area contributed by atoms with E-state index in [1.165, 1.54) is 0 Å².